The molecule has 2 aliphatic rings. The minimum absolute atomic E-state index is 0.0170. The van der Waals surface area contributed by atoms with Gasteiger partial charge in [-0.25, -0.2) is 8.78 Å². The monoisotopic (exact) mass is 387 g/mol. The van der Waals surface area contributed by atoms with E-state index in [1.165, 1.54) is 6.07 Å². The lowest BCUT2D eigenvalue weighted by Crippen LogP contribution is -2.44. The number of likely N-dealkylation sites (N-methyl/N-ethyl adjacent to an activating group) is 2. The first-order valence-corrected chi connectivity index (χ1v) is 9.56. The number of ether oxygens (including phenoxy) is 1. The van der Waals surface area contributed by atoms with E-state index in [-0.39, 0.29) is 12.0 Å². The third-order valence-corrected chi connectivity index (χ3v) is 5.49. The zero-order chi connectivity index (χ0) is 19.8. The molecule has 0 spiro atoms. The number of aromatic nitrogens is 1. The molecular weight excluding hydrogens is 364 g/mol. The molecule has 1 aliphatic carbocycles. The van der Waals surface area contributed by atoms with Crippen molar-refractivity contribution in [3.8, 4) is 5.75 Å². The second kappa shape index (κ2) is 7.37. The molecular formula is C21H23F2N3O2. The van der Waals surface area contributed by atoms with Gasteiger partial charge in [-0.3, -0.25) is 9.78 Å². The molecule has 2 heterocycles. The van der Waals surface area contributed by atoms with Crippen molar-refractivity contribution in [2.24, 2.45) is 5.92 Å². The average Bonchev–Trinajstić information content (AvgIpc) is 2.63. The molecule has 28 heavy (non-hydrogen) atoms. The molecule has 1 aromatic heterocycles. The van der Waals surface area contributed by atoms with Crippen LogP contribution in [-0.2, 0) is 11.2 Å². The summed E-state index contributed by atoms with van der Waals surface area (Å²) in [5.74, 6) is -0.872. The fourth-order valence-corrected chi connectivity index (χ4v) is 3.93. The zero-order valence-corrected chi connectivity index (χ0v) is 16.0. The normalized spacial score (nSPS) is 21.4. The SMILES string of the molecule is CCN1C(=O)CN(C)c2cc(CC3CC(Oc4ccc(F)c(F)c4)C3)ncc21. The predicted molar refractivity (Wildman–Crippen MR) is 103 cm³/mol. The molecule has 1 amide bonds. The molecule has 4 rings (SSSR count). The number of rotatable bonds is 5. The summed E-state index contributed by atoms with van der Waals surface area (Å²) in [7, 11) is 1.92. The number of halogens is 2. The number of nitrogens with zero attached hydrogens (tertiary/aromatic N) is 3. The Morgan fingerprint density at radius 1 is 1.18 bits per heavy atom. The van der Waals surface area contributed by atoms with Gasteiger partial charge in [-0.15, -0.1) is 0 Å². The number of amides is 1. The van der Waals surface area contributed by atoms with Crippen molar-refractivity contribution in [1.29, 1.82) is 0 Å². The van der Waals surface area contributed by atoms with Gasteiger partial charge in [-0.05, 0) is 50.3 Å². The molecule has 7 heteroatoms. The van der Waals surface area contributed by atoms with Crippen LogP contribution in [0.3, 0.4) is 0 Å². The van der Waals surface area contributed by atoms with Gasteiger partial charge in [-0.1, -0.05) is 0 Å². The molecule has 0 N–H and O–H groups in total. The summed E-state index contributed by atoms with van der Waals surface area (Å²) in [6.07, 6.45) is 4.35. The number of anilines is 2. The van der Waals surface area contributed by atoms with Crippen molar-refractivity contribution in [3.63, 3.8) is 0 Å². The van der Waals surface area contributed by atoms with Gasteiger partial charge < -0.3 is 14.5 Å². The Labute approximate surface area is 162 Å². The molecule has 0 radical (unpaired) electrons. The van der Waals surface area contributed by atoms with Gasteiger partial charge >= 0.3 is 0 Å². The predicted octanol–water partition coefficient (Wildman–Crippen LogP) is 3.56. The lowest BCUT2D eigenvalue weighted by molar-refractivity contribution is -0.117. The third-order valence-electron chi connectivity index (χ3n) is 5.49. The average molecular weight is 387 g/mol. The molecule has 5 nitrogen and oxygen atoms in total. The van der Waals surface area contributed by atoms with Gasteiger partial charge in [0.25, 0.3) is 0 Å². The smallest absolute Gasteiger partial charge is 0.246 e. The van der Waals surface area contributed by atoms with E-state index in [0.717, 1.165) is 48.5 Å². The number of hydrogen-bond donors (Lipinski definition) is 0. The van der Waals surface area contributed by atoms with E-state index in [9.17, 15) is 13.6 Å². The van der Waals surface area contributed by atoms with Crippen molar-refractivity contribution in [2.45, 2.75) is 32.3 Å². The molecule has 1 aliphatic heterocycles. The van der Waals surface area contributed by atoms with Gasteiger partial charge in [0, 0.05) is 25.4 Å². The summed E-state index contributed by atoms with van der Waals surface area (Å²) in [5.41, 5.74) is 2.88. The number of fused-ring (bicyclic) bond motifs is 1. The number of benzene rings is 1. The fourth-order valence-electron chi connectivity index (χ4n) is 3.93. The summed E-state index contributed by atoms with van der Waals surface area (Å²) in [4.78, 5) is 20.4. The van der Waals surface area contributed by atoms with Crippen LogP contribution in [0.15, 0.2) is 30.5 Å². The molecule has 1 saturated carbocycles. The number of carbonyl (C=O) groups is 1. The van der Waals surface area contributed by atoms with Gasteiger partial charge in [-0.2, -0.15) is 0 Å². The summed E-state index contributed by atoms with van der Waals surface area (Å²) in [6.45, 7) is 2.96. The van der Waals surface area contributed by atoms with Crippen molar-refractivity contribution in [2.75, 3.05) is 29.9 Å². The molecule has 2 aromatic rings. The Morgan fingerprint density at radius 3 is 2.68 bits per heavy atom. The molecule has 0 unspecified atom stereocenters. The summed E-state index contributed by atoms with van der Waals surface area (Å²) < 4.78 is 32.0. The highest BCUT2D eigenvalue weighted by atomic mass is 19.2. The molecule has 148 valence electrons. The minimum Gasteiger partial charge on any atom is -0.490 e. The molecule has 0 atom stereocenters. The van der Waals surface area contributed by atoms with Gasteiger partial charge in [0.05, 0.1) is 30.2 Å². The van der Waals surface area contributed by atoms with Crippen LogP contribution in [0.1, 0.15) is 25.5 Å². The molecule has 1 aromatic carbocycles. The Balaban J connectivity index is 1.37. The first-order chi connectivity index (χ1) is 13.4. The van der Waals surface area contributed by atoms with E-state index in [4.69, 9.17) is 4.74 Å². The lowest BCUT2D eigenvalue weighted by atomic mass is 9.79. The van der Waals surface area contributed by atoms with Crippen LogP contribution in [-0.4, -0.2) is 37.1 Å². The maximum Gasteiger partial charge on any atom is 0.246 e. The number of carbonyl (C=O) groups excluding carboxylic acids is 1. The van der Waals surface area contributed by atoms with Crippen molar-refractivity contribution < 1.29 is 18.3 Å². The first kappa shape index (κ1) is 18.7. The highest BCUT2D eigenvalue weighted by molar-refractivity contribution is 6.02. The van der Waals surface area contributed by atoms with Gasteiger partial charge in [0.2, 0.25) is 5.91 Å². The van der Waals surface area contributed by atoms with Crippen molar-refractivity contribution in [3.05, 3.63) is 47.8 Å². The third kappa shape index (κ3) is 3.53. The maximum atomic E-state index is 13.3. The van der Waals surface area contributed by atoms with E-state index >= 15 is 0 Å². The first-order valence-electron chi connectivity index (χ1n) is 9.56. The quantitative estimate of drug-likeness (QED) is 0.787. The highest BCUT2D eigenvalue weighted by Gasteiger charge is 2.32. The van der Waals surface area contributed by atoms with Crippen LogP contribution in [0.4, 0.5) is 20.2 Å². The van der Waals surface area contributed by atoms with Crippen LogP contribution >= 0.6 is 0 Å². The fraction of sp³-hybridized carbons (Fsp3) is 0.429. The topological polar surface area (TPSA) is 45.7 Å². The number of pyridine rings is 1. The molecule has 0 bridgehead atoms. The van der Waals surface area contributed by atoms with Gasteiger partial charge in [0.1, 0.15) is 5.75 Å². The lowest BCUT2D eigenvalue weighted by Gasteiger charge is -2.36. The zero-order valence-electron chi connectivity index (χ0n) is 16.0. The van der Waals surface area contributed by atoms with Crippen LogP contribution in [0.5, 0.6) is 5.75 Å². The van der Waals surface area contributed by atoms with E-state index in [1.807, 2.05) is 18.9 Å². The Kier molecular flexibility index (Phi) is 4.91. The van der Waals surface area contributed by atoms with E-state index in [1.54, 1.807) is 11.1 Å². The van der Waals surface area contributed by atoms with E-state index in [0.29, 0.717) is 24.8 Å². The minimum atomic E-state index is -0.893. The largest absolute Gasteiger partial charge is 0.490 e. The van der Waals surface area contributed by atoms with Crippen molar-refractivity contribution in [1.82, 2.24) is 4.98 Å². The standard InChI is InChI=1S/C21H23F2N3O2/c1-3-26-20-11-24-14(9-19(20)25(2)12-21(26)27)6-13-7-16(8-13)28-15-4-5-17(22)18(23)10-15/h4-5,9-11,13,16H,3,6-8,12H2,1-2H3. The van der Waals surface area contributed by atoms with Crippen LogP contribution in [0, 0.1) is 17.6 Å². The molecule has 1 fully saturated rings. The highest BCUT2D eigenvalue weighted by Crippen LogP contribution is 2.37. The van der Waals surface area contributed by atoms with Crippen molar-refractivity contribution >= 4 is 17.3 Å². The van der Waals surface area contributed by atoms with E-state index in [2.05, 4.69) is 11.1 Å². The summed E-state index contributed by atoms with van der Waals surface area (Å²) in [5, 5.41) is 0. The Hall–Kier alpha value is -2.70. The maximum absolute atomic E-state index is 13.3. The second-order valence-corrected chi connectivity index (χ2v) is 7.52. The Bertz CT molecular complexity index is 899. The van der Waals surface area contributed by atoms with Gasteiger partial charge in [0.15, 0.2) is 11.6 Å². The summed E-state index contributed by atoms with van der Waals surface area (Å²) >= 11 is 0. The Morgan fingerprint density at radius 2 is 1.96 bits per heavy atom. The van der Waals surface area contributed by atoms with Crippen LogP contribution < -0.4 is 14.5 Å². The van der Waals surface area contributed by atoms with E-state index < -0.39 is 11.6 Å². The van der Waals surface area contributed by atoms with Crippen LogP contribution in [0.2, 0.25) is 0 Å². The number of hydrogen-bond acceptors (Lipinski definition) is 4. The summed E-state index contributed by atoms with van der Waals surface area (Å²) in [6, 6.07) is 5.68. The molecule has 0 saturated heterocycles. The second-order valence-electron chi connectivity index (χ2n) is 7.52. The van der Waals surface area contributed by atoms with Crippen LogP contribution in [0.25, 0.3) is 0 Å².